The number of rotatable bonds is 5. The Morgan fingerprint density at radius 1 is 1.04 bits per heavy atom. The molecule has 2 aliphatic rings. The van der Waals surface area contributed by atoms with Gasteiger partial charge in [-0.2, -0.15) is 13.2 Å². The summed E-state index contributed by atoms with van der Waals surface area (Å²) in [5.74, 6) is 0. The molecule has 0 saturated carbocycles. The first kappa shape index (κ1) is 21.7. The van der Waals surface area contributed by atoms with Crippen LogP contribution >= 0.6 is 0 Å². The second kappa shape index (κ2) is 10.6. The molecule has 2 aliphatic heterocycles. The Morgan fingerprint density at radius 3 is 2.22 bits per heavy atom. The van der Waals surface area contributed by atoms with Gasteiger partial charge in [0.15, 0.2) is 0 Å². The lowest BCUT2D eigenvalue weighted by molar-refractivity contribution is -0.149. The zero-order chi connectivity index (χ0) is 19.7. The van der Waals surface area contributed by atoms with E-state index in [2.05, 4.69) is 34.1 Å². The molecule has 0 aliphatic carbocycles. The van der Waals surface area contributed by atoms with Crippen LogP contribution in [0, 0.1) is 0 Å². The van der Waals surface area contributed by atoms with Crippen molar-refractivity contribution in [2.24, 2.45) is 0 Å². The summed E-state index contributed by atoms with van der Waals surface area (Å²) in [7, 11) is 0. The van der Waals surface area contributed by atoms with Crippen LogP contribution in [0.3, 0.4) is 0 Å². The summed E-state index contributed by atoms with van der Waals surface area (Å²) in [6, 6.07) is 11.0. The fraction of sp³-hybridized carbons (Fsp3) is 0.632. The highest BCUT2D eigenvalue weighted by molar-refractivity contribution is 5.32. The quantitative estimate of drug-likeness (QED) is 0.787. The number of piperazine rings is 1. The molecule has 0 spiro atoms. The fourth-order valence-corrected chi connectivity index (χ4v) is 3.81. The molecule has 5 nitrogen and oxygen atoms in total. The van der Waals surface area contributed by atoms with E-state index in [1.807, 2.05) is 6.07 Å². The van der Waals surface area contributed by atoms with Crippen LogP contribution in [0.15, 0.2) is 30.3 Å². The number of alkyl halides is 3. The average Bonchev–Trinajstić information content (AvgIpc) is 3.04. The Kier molecular flexibility index (Phi) is 8.53. The predicted octanol–water partition coefficient (Wildman–Crippen LogP) is 2.53. The van der Waals surface area contributed by atoms with Crippen LogP contribution in [-0.4, -0.2) is 84.3 Å². The second-order valence-corrected chi connectivity index (χ2v) is 7.05. The minimum Gasteiger partial charge on any atom is -0.483 e. The maximum atomic E-state index is 12.5. The standard InChI is InChI=1S/C18H26F3N3.CH2O2/c19-18(20,21)15-23-11-9-22(10-12-23)14-17-7-4-8-24(17)13-16-5-2-1-3-6-16;2-1-3/h1-3,5-6,17H,4,7-15H2;1H,(H,2,3)/t17-;/m1./s1. The first-order valence-electron chi connectivity index (χ1n) is 9.28. The molecule has 0 bridgehead atoms. The molecule has 3 rings (SSSR count). The number of halogens is 3. The van der Waals surface area contributed by atoms with Crippen molar-refractivity contribution >= 4 is 6.47 Å². The Balaban J connectivity index is 0.000000817. The van der Waals surface area contributed by atoms with E-state index in [1.165, 1.54) is 23.3 Å². The van der Waals surface area contributed by atoms with Crippen molar-refractivity contribution in [1.29, 1.82) is 0 Å². The number of hydrogen-bond acceptors (Lipinski definition) is 4. The highest BCUT2D eigenvalue weighted by atomic mass is 19.4. The van der Waals surface area contributed by atoms with Crippen LogP contribution in [0.2, 0.25) is 0 Å². The van der Waals surface area contributed by atoms with Crippen molar-refractivity contribution in [3.63, 3.8) is 0 Å². The molecule has 152 valence electrons. The number of nitrogens with zero attached hydrogens (tertiary/aromatic N) is 3. The molecule has 0 aromatic heterocycles. The Hall–Kier alpha value is -1.64. The Bertz CT molecular complexity index is 549. The summed E-state index contributed by atoms with van der Waals surface area (Å²) in [4.78, 5) is 14.7. The normalized spacial score (nSPS) is 22.3. The zero-order valence-corrected chi connectivity index (χ0v) is 15.4. The summed E-state index contributed by atoms with van der Waals surface area (Å²) in [5, 5.41) is 6.89. The number of hydrogen-bond donors (Lipinski definition) is 1. The summed E-state index contributed by atoms with van der Waals surface area (Å²) in [6.45, 7) is 4.57. The van der Waals surface area contributed by atoms with E-state index in [-0.39, 0.29) is 6.47 Å². The van der Waals surface area contributed by atoms with Gasteiger partial charge in [0.2, 0.25) is 0 Å². The average molecular weight is 387 g/mol. The van der Waals surface area contributed by atoms with Gasteiger partial charge in [0, 0.05) is 45.3 Å². The molecule has 2 saturated heterocycles. The second-order valence-electron chi connectivity index (χ2n) is 7.05. The van der Waals surface area contributed by atoms with Gasteiger partial charge in [0.25, 0.3) is 6.47 Å². The topological polar surface area (TPSA) is 47.0 Å². The molecule has 1 atom stereocenters. The van der Waals surface area contributed by atoms with Gasteiger partial charge in [-0.3, -0.25) is 19.5 Å². The van der Waals surface area contributed by atoms with Gasteiger partial charge < -0.3 is 5.11 Å². The first-order chi connectivity index (χ1) is 12.9. The minimum absolute atomic E-state index is 0.250. The van der Waals surface area contributed by atoms with Gasteiger partial charge in [-0.15, -0.1) is 0 Å². The molecular formula is C19H28F3N3O2. The number of likely N-dealkylation sites (tertiary alicyclic amines) is 1. The number of carbonyl (C=O) groups is 1. The van der Waals surface area contributed by atoms with Crippen molar-refractivity contribution in [1.82, 2.24) is 14.7 Å². The lowest BCUT2D eigenvalue weighted by Crippen LogP contribution is -2.51. The maximum Gasteiger partial charge on any atom is 0.401 e. The van der Waals surface area contributed by atoms with Crippen molar-refractivity contribution in [2.75, 3.05) is 45.8 Å². The van der Waals surface area contributed by atoms with E-state index in [0.29, 0.717) is 19.1 Å². The van der Waals surface area contributed by atoms with E-state index in [9.17, 15) is 13.2 Å². The third-order valence-electron chi connectivity index (χ3n) is 5.06. The predicted molar refractivity (Wildman–Crippen MR) is 97.5 cm³/mol. The van der Waals surface area contributed by atoms with Crippen LogP contribution in [-0.2, 0) is 11.3 Å². The molecule has 1 aromatic rings. The summed E-state index contributed by atoms with van der Waals surface area (Å²) in [5.41, 5.74) is 1.33. The van der Waals surface area contributed by atoms with Crippen LogP contribution in [0.1, 0.15) is 18.4 Å². The van der Waals surface area contributed by atoms with E-state index >= 15 is 0 Å². The van der Waals surface area contributed by atoms with Gasteiger partial charge in [0.1, 0.15) is 0 Å². The highest BCUT2D eigenvalue weighted by Gasteiger charge is 2.33. The number of carboxylic acid groups (broad SMARTS) is 1. The van der Waals surface area contributed by atoms with Gasteiger partial charge >= 0.3 is 6.18 Å². The molecule has 2 heterocycles. The minimum atomic E-state index is -4.08. The van der Waals surface area contributed by atoms with Crippen molar-refractivity contribution in [2.45, 2.75) is 31.6 Å². The monoisotopic (exact) mass is 387 g/mol. The SMILES string of the molecule is FC(F)(F)CN1CCN(C[C@H]2CCCN2Cc2ccccc2)CC1.O=CO. The third kappa shape index (κ3) is 7.86. The van der Waals surface area contributed by atoms with Crippen molar-refractivity contribution in [3.8, 4) is 0 Å². The van der Waals surface area contributed by atoms with E-state index in [1.54, 1.807) is 0 Å². The molecule has 2 fully saturated rings. The van der Waals surface area contributed by atoms with E-state index in [0.717, 1.165) is 32.7 Å². The van der Waals surface area contributed by atoms with E-state index < -0.39 is 12.7 Å². The highest BCUT2D eigenvalue weighted by Crippen LogP contribution is 2.22. The van der Waals surface area contributed by atoms with Crippen molar-refractivity contribution in [3.05, 3.63) is 35.9 Å². The molecule has 1 N–H and O–H groups in total. The fourth-order valence-electron chi connectivity index (χ4n) is 3.81. The van der Waals surface area contributed by atoms with Crippen LogP contribution in [0.4, 0.5) is 13.2 Å². The van der Waals surface area contributed by atoms with Gasteiger partial charge in [0.05, 0.1) is 6.54 Å². The summed E-state index contributed by atoms with van der Waals surface area (Å²) in [6.07, 6.45) is -1.68. The first-order valence-corrected chi connectivity index (χ1v) is 9.28. The van der Waals surface area contributed by atoms with Crippen LogP contribution in [0.25, 0.3) is 0 Å². The lowest BCUT2D eigenvalue weighted by Gasteiger charge is -2.37. The largest absolute Gasteiger partial charge is 0.483 e. The molecule has 0 amide bonds. The van der Waals surface area contributed by atoms with Gasteiger partial charge in [-0.05, 0) is 24.9 Å². The Labute approximate surface area is 158 Å². The van der Waals surface area contributed by atoms with Gasteiger partial charge in [-0.25, -0.2) is 0 Å². The molecule has 0 unspecified atom stereocenters. The number of benzene rings is 1. The molecule has 0 radical (unpaired) electrons. The molecule has 8 heteroatoms. The lowest BCUT2D eigenvalue weighted by atomic mass is 10.1. The molecule has 27 heavy (non-hydrogen) atoms. The van der Waals surface area contributed by atoms with Crippen LogP contribution in [0.5, 0.6) is 0 Å². The van der Waals surface area contributed by atoms with E-state index in [4.69, 9.17) is 9.90 Å². The zero-order valence-electron chi connectivity index (χ0n) is 15.4. The van der Waals surface area contributed by atoms with Crippen molar-refractivity contribution < 1.29 is 23.1 Å². The van der Waals surface area contributed by atoms with Gasteiger partial charge in [-0.1, -0.05) is 30.3 Å². The maximum absolute atomic E-state index is 12.5. The molecular weight excluding hydrogens is 359 g/mol. The summed E-state index contributed by atoms with van der Waals surface area (Å²) < 4.78 is 37.4. The smallest absolute Gasteiger partial charge is 0.401 e. The third-order valence-corrected chi connectivity index (χ3v) is 5.06. The Morgan fingerprint density at radius 2 is 1.63 bits per heavy atom. The van der Waals surface area contributed by atoms with Crippen LogP contribution < -0.4 is 0 Å². The summed E-state index contributed by atoms with van der Waals surface area (Å²) >= 11 is 0. The molecule has 1 aromatic carbocycles.